The number of carbonyl (C=O) groups is 1. The van der Waals surface area contributed by atoms with Crippen molar-refractivity contribution in [3.63, 3.8) is 0 Å². The van der Waals surface area contributed by atoms with Gasteiger partial charge in [0.25, 0.3) is 10.1 Å². The van der Waals surface area contributed by atoms with Crippen molar-refractivity contribution in [1.29, 1.82) is 0 Å². The van der Waals surface area contributed by atoms with Gasteiger partial charge < -0.3 is 4.74 Å². The third kappa shape index (κ3) is 6.79. The number of aryl methyl sites for hydroxylation is 1. The van der Waals surface area contributed by atoms with Crippen molar-refractivity contribution < 1.29 is 22.1 Å². The van der Waals surface area contributed by atoms with Crippen molar-refractivity contribution >= 4 is 16.2 Å². The van der Waals surface area contributed by atoms with Gasteiger partial charge >= 0.3 is 6.09 Å². The number of hydrogen-bond acceptors (Lipinski definition) is 6. The Bertz CT molecular complexity index is 732. The topological polar surface area (TPSA) is 84.9 Å². The highest BCUT2D eigenvalue weighted by Crippen LogP contribution is 2.25. The Morgan fingerprint density at radius 1 is 1.19 bits per heavy atom. The lowest BCUT2D eigenvalue weighted by Crippen LogP contribution is -2.49. The van der Waals surface area contributed by atoms with Crippen LogP contribution in [0.25, 0.3) is 0 Å². The van der Waals surface area contributed by atoms with Gasteiger partial charge in [0, 0.05) is 13.1 Å². The first-order chi connectivity index (χ1) is 12.5. The summed E-state index contributed by atoms with van der Waals surface area (Å²) in [5.74, 6) is 0.0990. The maximum atomic E-state index is 12.4. The zero-order chi connectivity index (χ0) is 20.2. The normalized spacial score (nSPS) is 18.1. The number of nitrogens with zero attached hydrogens (tertiary/aromatic N) is 1. The Balaban J connectivity index is 1.85. The molecule has 1 aromatic rings. The van der Waals surface area contributed by atoms with Crippen molar-refractivity contribution in [1.82, 2.24) is 10.4 Å². The standard InChI is InChI=1S/C19H30N2O5S/c1-14-6-8-17(9-7-14)27(23,24)26-15(2)16-10-12-21(13-11-16)20-18(22)25-19(3,4)5/h6-9,15-16H,10-13H2,1-5H3,(H,20,22). The third-order valence-electron chi connectivity index (χ3n) is 4.44. The number of hydrogen-bond donors (Lipinski definition) is 1. The van der Waals surface area contributed by atoms with E-state index in [0.717, 1.165) is 18.4 Å². The first-order valence-electron chi connectivity index (χ1n) is 9.21. The molecule has 2 rings (SSSR count). The lowest BCUT2D eigenvalue weighted by atomic mass is 9.93. The molecule has 1 aliphatic rings. The molecule has 0 bridgehead atoms. The van der Waals surface area contributed by atoms with Crippen LogP contribution in [0, 0.1) is 12.8 Å². The monoisotopic (exact) mass is 398 g/mol. The van der Waals surface area contributed by atoms with Gasteiger partial charge in [-0.1, -0.05) is 17.7 Å². The summed E-state index contributed by atoms with van der Waals surface area (Å²) in [5.41, 5.74) is 3.17. The highest BCUT2D eigenvalue weighted by molar-refractivity contribution is 7.86. The van der Waals surface area contributed by atoms with Gasteiger partial charge in [0.1, 0.15) is 5.60 Å². The van der Waals surface area contributed by atoms with Gasteiger partial charge in [0.2, 0.25) is 0 Å². The molecule has 0 spiro atoms. The van der Waals surface area contributed by atoms with Gasteiger partial charge in [-0.3, -0.25) is 9.61 Å². The summed E-state index contributed by atoms with van der Waals surface area (Å²) in [6.45, 7) is 10.3. The summed E-state index contributed by atoms with van der Waals surface area (Å²) >= 11 is 0. The van der Waals surface area contributed by atoms with Crippen LogP contribution in [0.2, 0.25) is 0 Å². The predicted octanol–water partition coefficient (Wildman–Crippen LogP) is 3.24. The first kappa shape index (κ1) is 21.7. The van der Waals surface area contributed by atoms with Crippen LogP contribution in [0.3, 0.4) is 0 Å². The van der Waals surface area contributed by atoms with E-state index in [1.807, 2.05) is 27.7 Å². The highest BCUT2D eigenvalue weighted by Gasteiger charge is 2.29. The van der Waals surface area contributed by atoms with Crippen LogP contribution in [0.4, 0.5) is 4.79 Å². The van der Waals surface area contributed by atoms with Gasteiger partial charge in [-0.15, -0.1) is 0 Å². The van der Waals surface area contributed by atoms with Gasteiger partial charge in [0.05, 0.1) is 11.0 Å². The van der Waals surface area contributed by atoms with Gasteiger partial charge in [0.15, 0.2) is 0 Å². The summed E-state index contributed by atoms with van der Waals surface area (Å²) in [4.78, 5) is 12.0. The van der Waals surface area contributed by atoms with Gasteiger partial charge in [-0.25, -0.2) is 9.80 Å². The molecule has 0 aliphatic carbocycles. The van der Waals surface area contributed by atoms with Crippen LogP contribution in [0.1, 0.15) is 46.1 Å². The van der Waals surface area contributed by atoms with Crippen LogP contribution in [0.15, 0.2) is 29.2 Å². The van der Waals surface area contributed by atoms with Gasteiger partial charge in [-0.05, 0) is 65.5 Å². The number of amides is 1. The second-order valence-electron chi connectivity index (χ2n) is 8.01. The zero-order valence-corrected chi connectivity index (χ0v) is 17.5. The Hall–Kier alpha value is -1.64. The smallest absolute Gasteiger partial charge is 0.422 e. The minimum absolute atomic E-state index is 0.0990. The SMILES string of the molecule is Cc1ccc(S(=O)(=O)OC(C)C2CCN(NC(=O)OC(C)(C)C)CC2)cc1. The molecule has 1 aliphatic heterocycles. The molecule has 0 radical (unpaired) electrons. The molecule has 7 nitrogen and oxygen atoms in total. The van der Waals surface area contributed by atoms with Crippen molar-refractivity contribution in [2.45, 2.75) is 64.1 Å². The molecule has 8 heteroatoms. The molecule has 1 unspecified atom stereocenters. The number of rotatable bonds is 5. The molecule has 1 saturated heterocycles. The van der Waals surface area contributed by atoms with Crippen molar-refractivity contribution in [3.8, 4) is 0 Å². The fraction of sp³-hybridized carbons (Fsp3) is 0.632. The molecule has 1 N–H and O–H groups in total. The molecule has 1 fully saturated rings. The van der Waals surface area contributed by atoms with Crippen molar-refractivity contribution in [2.24, 2.45) is 5.92 Å². The second kappa shape index (κ2) is 8.58. The Labute approximate surface area is 162 Å². The first-order valence-corrected chi connectivity index (χ1v) is 10.6. The number of piperidine rings is 1. The average Bonchev–Trinajstić information content (AvgIpc) is 2.53. The molecular formula is C19H30N2O5S. The van der Waals surface area contributed by atoms with E-state index in [0.29, 0.717) is 13.1 Å². The van der Waals surface area contributed by atoms with E-state index < -0.39 is 27.9 Å². The van der Waals surface area contributed by atoms with E-state index >= 15 is 0 Å². The number of ether oxygens (including phenoxy) is 1. The molecule has 1 atom stereocenters. The maximum Gasteiger partial charge on any atom is 0.422 e. The predicted molar refractivity (Wildman–Crippen MR) is 103 cm³/mol. The molecule has 1 heterocycles. The molecule has 152 valence electrons. The molecule has 0 aromatic heterocycles. The Kier molecular flexibility index (Phi) is 6.88. The minimum atomic E-state index is -3.78. The van der Waals surface area contributed by atoms with Crippen LogP contribution < -0.4 is 5.43 Å². The summed E-state index contributed by atoms with van der Waals surface area (Å²) < 4.78 is 35.5. The highest BCUT2D eigenvalue weighted by atomic mass is 32.2. The molecular weight excluding hydrogens is 368 g/mol. The fourth-order valence-electron chi connectivity index (χ4n) is 2.95. The maximum absolute atomic E-state index is 12.4. The zero-order valence-electron chi connectivity index (χ0n) is 16.7. The second-order valence-corrected chi connectivity index (χ2v) is 9.58. The fourth-order valence-corrected chi connectivity index (χ4v) is 4.09. The van der Waals surface area contributed by atoms with Crippen LogP contribution in [-0.2, 0) is 19.0 Å². The average molecular weight is 399 g/mol. The van der Waals surface area contributed by atoms with Crippen molar-refractivity contribution in [2.75, 3.05) is 13.1 Å². The van der Waals surface area contributed by atoms with Crippen LogP contribution in [0.5, 0.6) is 0 Å². The number of carbonyl (C=O) groups excluding carboxylic acids is 1. The lowest BCUT2D eigenvalue weighted by Gasteiger charge is -2.34. The summed E-state index contributed by atoms with van der Waals surface area (Å²) in [5, 5.41) is 1.80. The van der Waals surface area contributed by atoms with E-state index in [-0.39, 0.29) is 10.8 Å². The number of benzene rings is 1. The Morgan fingerprint density at radius 3 is 2.26 bits per heavy atom. The summed E-state index contributed by atoms with van der Waals surface area (Å²) in [7, 11) is -3.78. The number of hydrazine groups is 1. The van der Waals surface area contributed by atoms with Crippen LogP contribution >= 0.6 is 0 Å². The van der Waals surface area contributed by atoms with E-state index in [2.05, 4.69) is 5.43 Å². The Morgan fingerprint density at radius 2 is 1.74 bits per heavy atom. The molecule has 27 heavy (non-hydrogen) atoms. The number of nitrogens with one attached hydrogen (secondary N) is 1. The lowest BCUT2D eigenvalue weighted by molar-refractivity contribution is 0.0199. The van der Waals surface area contributed by atoms with E-state index in [4.69, 9.17) is 8.92 Å². The quantitative estimate of drug-likeness (QED) is 0.767. The van der Waals surface area contributed by atoms with Crippen LogP contribution in [-0.4, -0.2) is 44.3 Å². The molecule has 1 aromatic carbocycles. The minimum Gasteiger partial charge on any atom is -0.443 e. The van der Waals surface area contributed by atoms with Crippen molar-refractivity contribution in [3.05, 3.63) is 29.8 Å². The summed E-state index contributed by atoms with van der Waals surface area (Å²) in [6, 6.07) is 6.62. The van der Waals surface area contributed by atoms with Gasteiger partial charge in [-0.2, -0.15) is 8.42 Å². The van der Waals surface area contributed by atoms with E-state index in [9.17, 15) is 13.2 Å². The third-order valence-corrected chi connectivity index (χ3v) is 5.85. The summed E-state index contributed by atoms with van der Waals surface area (Å²) in [6.07, 6.45) is 0.535. The van der Waals surface area contributed by atoms with E-state index in [1.165, 1.54) is 0 Å². The molecule has 0 saturated carbocycles. The largest absolute Gasteiger partial charge is 0.443 e. The molecule has 1 amide bonds. The van der Waals surface area contributed by atoms with E-state index in [1.54, 1.807) is 36.2 Å².